The summed E-state index contributed by atoms with van der Waals surface area (Å²) in [5.74, 6) is 0.334. The molecule has 0 saturated heterocycles. The van der Waals surface area contributed by atoms with E-state index in [4.69, 9.17) is 18.9 Å². The monoisotopic (exact) mass is 774 g/mol. The van der Waals surface area contributed by atoms with E-state index in [1.807, 2.05) is 12.1 Å². The van der Waals surface area contributed by atoms with Crippen LogP contribution in [-0.4, -0.2) is 37.3 Å². The van der Waals surface area contributed by atoms with Gasteiger partial charge in [-0.05, 0) is 89.4 Å². The predicted molar refractivity (Wildman–Crippen MR) is 163 cm³/mol. The molecule has 1 aliphatic heterocycles. The van der Waals surface area contributed by atoms with Crippen molar-refractivity contribution in [3.05, 3.63) is 79.6 Å². The van der Waals surface area contributed by atoms with Gasteiger partial charge in [-0.1, -0.05) is 11.3 Å². The van der Waals surface area contributed by atoms with E-state index >= 15 is 0 Å². The number of hydrogen-bond acceptors (Lipinski definition) is 9. The van der Waals surface area contributed by atoms with Gasteiger partial charge in [0.05, 0.1) is 40.2 Å². The summed E-state index contributed by atoms with van der Waals surface area (Å²) in [5, 5.41) is 0. The summed E-state index contributed by atoms with van der Waals surface area (Å²) in [5.41, 5.74) is 1.47. The molecule has 1 aliphatic rings. The van der Waals surface area contributed by atoms with Crippen LogP contribution in [0.1, 0.15) is 37.9 Å². The number of methoxy groups -OCH3 is 2. The van der Waals surface area contributed by atoms with Gasteiger partial charge in [0.25, 0.3) is 5.56 Å². The fourth-order valence-corrected chi connectivity index (χ4v) is 7.25. The van der Waals surface area contributed by atoms with Gasteiger partial charge in [-0.2, -0.15) is 0 Å². The summed E-state index contributed by atoms with van der Waals surface area (Å²) in [6, 6.07) is 8.06. The number of aromatic nitrogens is 1. The van der Waals surface area contributed by atoms with Gasteiger partial charge >= 0.3 is 11.9 Å². The molecular weight excluding hydrogens is 750 g/mol. The summed E-state index contributed by atoms with van der Waals surface area (Å²) in [6.07, 6.45) is 1.68. The first-order valence-corrected chi connectivity index (χ1v) is 14.7. The Morgan fingerprint density at radius 1 is 1.15 bits per heavy atom. The summed E-state index contributed by atoms with van der Waals surface area (Å²) >= 11 is 5.44. The average molecular weight is 774 g/mol. The van der Waals surface area contributed by atoms with E-state index < -0.39 is 18.0 Å². The van der Waals surface area contributed by atoms with Crippen molar-refractivity contribution in [1.29, 1.82) is 0 Å². The first kappa shape index (κ1) is 29.3. The number of carbonyl (C=O) groups excluding carboxylic acids is 2. The second kappa shape index (κ2) is 12.2. The zero-order chi connectivity index (χ0) is 28.4. The van der Waals surface area contributed by atoms with Crippen LogP contribution in [0.15, 0.2) is 51.4 Å². The van der Waals surface area contributed by atoms with E-state index in [0.29, 0.717) is 43.4 Å². The number of esters is 2. The van der Waals surface area contributed by atoms with Crippen molar-refractivity contribution in [2.75, 3.05) is 20.8 Å². The predicted octanol–water partition coefficient (Wildman–Crippen LogP) is 3.95. The second-order valence-corrected chi connectivity index (χ2v) is 11.7. The Kier molecular flexibility index (Phi) is 9.16. The van der Waals surface area contributed by atoms with Crippen molar-refractivity contribution in [2.24, 2.45) is 4.99 Å². The van der Waals surface area contributed by atoms with Crippen molar-refractivity contribution in [2.45, 2.75) is 26.8 Å². The standard InChI is InChI=1S/C27H24I2N2O7S/c1-6-37-26(34)22-13(2)30-27-31(23(22)18-8-7-17(35-4)12-20(18)36-5)25(33)21(39-27)10-15-9-16(28)11-19(29)24(15)38-14(3)32/h7-12,23H,6H2,1-5H3/b21-10-/t23-/m1/s1. The fraction of sp³-hybridized carbons (Fsp3) is 0.259. The van der Waals surface area contributed by atoms with Gasteiger partial charge in [-0.25, -0.2) is 9.79 Å². The van der Waals surface area contributed by atoms with Crippen LogP contribution < -0.4 is 29.1 Å². The molecule has 12 heteroatoms. The van der Waals surface area contributed by atoms with Gasteiger partial charge in [-0.15, -0.1) is 0 Å². The number of allylic oxidation sites excluding steroid dienone is 1. The van der Waals surface area contributed by atoms with E-state index in [1.54, 1.807) is 45.2 Å². The Balaban J connectivity index is 2.02. The SMILES string of the molecule is CCOC(=O)C1=C(C)N=c2s/c(=C\c3cc(I)cc(I)c3OC(C)=O)c(=O)n2[C@@H]1c1ccc(OC)cc1OC. The maximum absolute atomic E-state index is 14.0. The minimum absolute atomic E-state index is 0.163. The summed E-state index contributed by atoms with van der Waals surface area (Å²) in [4.78, 5) is 44.0. The molecule has 3 aromatic rings. The highest BCUT2D eigenvalue weighted by atomic mass is 127. The molecule has 2 aromatic carbocycles. The first-order chi connectivity index (χ1) is 18.6. The van der Waals surface area contributed by atoms with Crippen molar-refractivity contribution in [3.8, 4) is 17.2 Å². The van der Waals surface area contributed by atoms with Gasteiger partial charge in [-0.3, -0.25) is 14.2 Å². The van der Waals surface area contributed by atoms with Crippen LogP contribution in [0.5, 0.6) is 17.2 Å². The Morgan fingerprint density at radius 2 is 1.90 bits per heavy atom. The number of benzene rings is 2. The number of ether oxygens (including phenoxy) is 4. The van der Waals surface area contributed by atoms with E-state index in [0.717, 1.165) is 7.14 Å². The molecule has 0 fully saturated rings. The number of nitrogens with zero attached hydrogens (tertiary/aromatic N) is 2. The topological polar surface area (TPSA) is 105 Å². The lowest BCUT2D eigenvalue weighted by Gasteiger charge is -2.26. The molecule has 39 heavy (non-hydrogen) atoms. The van der Waals surface area contributed by atoms with Crippen LogP contribution >= 0.6 is 56.5 Å². The molecule has 204 valence electrons. The van der Waals surface area contributed by atoms with Gasteiger partial charge in [0.2, 0.25) is 0 Å². The Morgan fingerprint density at radius 3 is 2.54 bits per heavy atom. The van der Waals surface area contributed by atoms with Crippen LogP contribution in [0, 0.1) is 7.14 Å². The van der Waals surface area contributed by atoms with Gasteiger partial charge in [0, 0.05) is 27.7 Å². The zero-order valence-corrected chi connectivity index (χ0v) is 26.8. The molecule has 9 nitrogen and oxygen atoms in total. The van der Waals surface area contributed by atoms with Crippen LogP contribution in [0.4, 0.5) is 0 Å². The van der Waals surface area contributed by atoms with Crippen LogP contribution in [0.25, 0.3) is 6.08 Å². The van der Waals surface area contributed by atoms with E-state index in [2.05, 4.69) is 50.2 Å². The molecular formula is C27H24I2N2O7S. The third-order valence-electron chi connectivity index (χ3n) is 5.82. The molecule has 2 heterocycles. The minimum Gasteiger partial charge on any atom is -0.497 e. The van der Waals surface area contributed by atoms with Crippen molar-refractivity contribution >= 4 is 74.5 Å². The van der Waals surface area contributed by atoms with Crippen LogP contribution in [-0.2, 0) is 14.3 Å². The number of thiazole rings is 1. The average Bonchev–Trinajstić information content (AvgIpc) is 3.18. The normalized spacial score (nSPS) is 14.9. The number of hydrogen-bond donors (Lipinski definition) is 0. The van der Waals surface area contributed by atoms with Crippen LogP contribution in [0.2, 0.25) is 0 Å². The van der Waals surface area contributed by atoms with Gasteiger partial charge < -0.3 is 18.9 Å². The Bertz CT molecular complexity index is 1690. The fourth-order valence-electron chi connectivity index (χ4n) is 4.21. The minimum atomic E-state index is -0.854. The quantitative estimate of drug-likeness (QED) is 0.204. The van der Waals surface area contributed by atoms with E-state index in [1.165, 1.54) is 29.9 Å². The lowest BCUT2D eigenvalue weighted by molar-refractivity contribution is -0.139. The zero-order valence-electron chi connectivity index (χ0n) is 21.7. The highest BCUT2D eigenvalue weighted by Crippen LogP contribution is 2.37. The highest BCUT2D eigenvalue weighted by molar-refractivity contribution is 14.1. The molecule has 1 atom stereocenters. The lowest BCUT2D eigenvalue weighted by Crippen LogP contribution is -2.40. The molecule has 4 rings (SSSR count). The van der Waals surface area contributed by atoms with E-state index in [9.17, 15) is 14.4 Å². The Labute approximate surface area is 255 Å². The van der Waals surface area contributed by atoms with Crippen LogP contribution in [0.3, 0.4) is 0 Å². The van der Waals surface area contributed by atoms with Crippen molar-refractivity contribution in [1.82, 2.24) is 4.57 Å². The molecule has 0 N–H and O–H groups in total. The molecule has 0 aliphatic carbocycles. The number of halogens is 2. The molecule has 0 bridgehead atoms. The van der Waals surface area contributed by atoms with E-state index in [-0.39, 0.29) is 17.7 Å². The maximum Gasteiger partial charge on any atom is 0.338 e. The smallest absolute Gasteiger partial charge is 0.338 e. The van der Waals surface area contributed by atoms with Crippen molar-refractivity contribution < 1.29 is 28.5 Å². The molecule has 1 aromatic heterocycles. The summed E-state index contributed by atoms with van der Waals surface area (Å²) in [7, 11) is 3.05. The maximum atomic E-state index is 14.0. The second-order valence-electron chi connectivity index (χ2n) is 8.31. The van der Waals surface area contributed by atoms with Crippen molar-refractivity contribution in [3.63, 3.8) is 0 Å². The van der Waals surface area contributed by atoms with Gasteiger partial charge in [0.1, 0.15) is 17.5 Å². The number of fused-ring (bicyclic) bond motifs is 1. The number of rotatable bonds is 7. The third kappa shape index (κ3) is 5.91. The highest BCUT2D eigenvalue weighted by Gasteiger charge is 2.35. The summed E-state index contributed by atoms with van der Waals surface area (Å²) in [6.45, 7) is 4.92. The number of carbonyl (C=O) groups is 2. The molecule has 0 radical (unpaired) electrons. The molecule has 0 unspecified atom stereocenters. The molecule has 0 spiro atoms. The lowest BCUT2D eigenvalue weighted by atomic mass is 9.95. The third-order valence-corrected chi connectivity index (χ3v) is 8.23. The molecule has 0 amide bonds. The largest absolute Gasteiger partial charge is 0.497 e. The first-order valence-electron chi connectivity index (χ1n) is 11.7. The Hall–Kier alpha value is -2.72. The summed E-state index contributed by atoms with van der Waals surface area (Å²) < 4.78 is 25.3. The van der Waals surface area contributed by atoms with Gasteiger partial charge in [0.15, 0.2) is 10.6 Å². The molecule has 0 saturated carbocycles.